The van der Waals surface area contributed by atoms with Gasteiger partial charge in [0.15, 0.2) is 5.96 Å². The Hall–Kier alpha value is -2.39. The summed E-state index contributed by atoms with van der Waals surface area (Å²) >= 11 is 0. The monoisotopic (exact) mass is 418 g/mol. The molecule has 1 fully saturated rings. The van der Waals surface area contributed by atoms with E-state index in [1.54, 1.807) is 27.3 Å². The summed E-state index contributed by atoms with van der Waals surface area (Å²) in [6, 6.07) is 9.10. The standard InChI is InChI=1S/C20H30N6O2S/c1-3-21-20(23-16-18-11-12-24-25(18)2)22-15-17-9-5-6-10-19(17)29(27,28)26-13-7-4-8-14-26/h5-6,9-12H,3-4,7-8,13-16H2,1-2H3,(H2,21,22,23). The van der Waals surface area contributed by atoms with E-state index >= 15 is 0 Å². The zero-order valence-corrected chi connectivity index (χ0v) is 18.0. The van der Waals surface area contributed by atoms with Gasteiger partial charge in [0.05, 0.1) is 23.7 Å². The van der Waals surface area contributed by atoms with Gasteiger partial charge in [-0.2, -0.15) is 9.40 Å². The van der Waals surface area contributed by atoms with Crippen LogP contribution in [0.3, 0.4) is 0 Å². The summed E-state index contributed by atoms with van der Waals surface area (Å²) < 4.78 is 29.7. The second kappa shape index (κ2) is 9.89. The van der Waals surface area contributed by atoms with Crippen molar-refractivity contribution in [1.82, 2.24) is 24.7 Å². The molecule has 1 aliphatic rings. The molecule has 2 N–H and O–H groups in total. The second-order valence-corrected chi connectivity index (χ2v) is 8.97. The summed E-state index contributed by atoms with van der Waals surface area (Å²) in [5.74, 6) is 0.638. The quantitative estimate of drug-likeness (QED) is 0.529. The average molecular weight is 419 g/mol. The molecular formula is C20H30N6O2S. The van der Waals surface area contributed by atoms with Crippen molar-refractivity contribution in [3.05, 3.63) is 47.8 Å². The molecule has 1 aliphatic heterocycles. The molecule has 158 valence electrons. The first kappa shape index (κ1) is 21.3. The Balaban J connectivity index is 1.76. The maximum absolute atomic E-state index is 13.1. The SMILES string of the molecule is CCNC(=NCc1ccccc1S(=O)(=O)N1CCCCC1)NCc1ccnn1C. The summed E-state index contributed by atoms with van der Waals surface area (Å²) in [6.45, 7) is 4.75. The number of piperidine rings is 1. The predicted molar refractivity (Wildman–Crippen MR) is 114 cm³/mol. The van der Waals surface area contributed by atoms with E-state index in [0.717, 1.165) is 25.0 Å². The van der Waals surface area contributed by atoms with E-state index in [1.165, 1.54) is 0 Å². The zero-order chi connectivity index (χ0) is 20.7. The summed E-state index contributed by atoms with van der Waals surface area (Å²) in [7, 11) is -1.60. The van der Waals surface area contributed by atoms with Crippen LogP contribution in [0.5, 0.6) is 0 Å². The minimum atomic E-state index is -3.49. The van der Waals surface area contributed by atoms with Crippen LogP contribution < -0.4 is 10.6 Å². The Kier molecular flexibility index (Phi) is 7.27. The highest BCUT2D eigenvalue weighted by Crippen LogP contribution is 2.24. The van der Waals surface area contributed by atoms with E-state index in [4.69, 9.17) is 0 Å². The molecule has 2 heterocycles. The third kappa shape index (κ3) is 5.36. The molecule has 1 aromatic carbocycles. The van der Waals surface area contributed by atoms with Crippen LogP contribution in [0, 0.1) is 0 Å². The van der Waals surface area contributed by atoms with Crippen LogP contribution in [0.1, 0.15) is 37.4 Å². The van der Waals surface area contributed by atoms with Crippen LogP contribution in [0.2, 0.25) is 0 Å². The molecule has 1 saturated heterocycles. The van der Waals surface area contributed by atoms with Crippen molar-refractivity contribution in [3.8, 4) is 0 Å². The third-order valence-electron chi connectivity index (χ3n) is 5.02. The van der Waals surface area contributed by atoms with Crippen LogP contribution in [0.25, 0.3) is 0 Å². The number of hydrogen-bond donors (Lipinski definition) is 2. The molecule has 29 heavy (non-hydrogen) atoms. The van der Waals surface area contributed by atoms with Crippen molar-refractivity contribution in [1.29, 1.82) is 0 Å². The van der Waals surface area contributed by atoms with Crippen LogP contribution >= 0.6 is 0 Å². The molecule has 0 saturated carbocycles. The number of aryl methyl sites for hydroxylation is 1. The molecule has 1 aromatic heterocycles. The molecule has 2 aromatic rings. The predicted octanol–water partition coefficient (Wildman–Crippen LogP) is 1.85. The van der Waals surface area contributed by atoms with Crippen LogP contribution in [0.4, 0.5) is 0 Å². The van der Waals surface area contributed by atoms with Gasteiger partial charge in [0, 0.05) is 32.9 Å². The van der Waals surface area contributed by atoms with Gasteiger partial charge in [-0.1, -0.05) is 24.6 Å². The Bertz CT molecular complexity index is 932. The van der Waals surface area contributed by atoms with Crippen molar-refractivity contribution in [2.75, 3.05) is 19.6 Å². The normalized spacial score (nSPS) is 16.0. The average Bonchev–Trinajstić information content (AvgIpc) is 3.15. The lowest BCUT2D eigenvalue weighted by atomic mass is 10.2. The number of nitrogens with one attached hydrogen (secondary N) is 2. The van der Waals surface area contributed by atoms with Crippen molar-refractivity contribution in [2.45, 2.75) is 44.2 Å². The number of guanidine groups is 1. The third-order valence-corrected chi connectivity index (χ3v) is 7.02. The smallest absolute Gasteiger partial charge is 0.243 e. The van der Waals surface area contributed by atoms with Gasteiger partial charge in [0.2, 0.25) is 10.0 Å². The summed E-state index contributed by atoms with van der Waals surface area (Å²) in [6.07, 6.45) is 4.68. The fourth-order valence-electron chi connectivity index (χ4n) is 3.39. The molecule has 0 unspecified atom stereocenters. The Morgan fingerprint density at radius 3 is 2.59 bits per heavy atom. The van der Waals surface area contributed by atoms with Crippen LogP contribution in [-0.2, 0) is 30.2 Å². The number of aromatic nitrogens is 2. The Morgan fingerprint density at radius 2 is 1.90 bits per heavy atom. The van der Waals surface area contributed by atoms with Crippen LogP contribution in [0.15, 0.2) is 46.4 Å². The van der Waals surface area contributed by atoms with Gasteiger partial charge >= 0.3 is 0 Å². The number of sulfonamides is 1. The molecule has 0 radical (unpaired) electrons. The van der Waals surface area contributed by atoms with Gasteiger partial charge in [-0.25, -0.2) is 13.4 Å². The molecule has 0 aliphatic carbocycles. The molecule has 8 nitrogen and oxygen atoms in total. The first-order valence-corrected chi connectivity index (χ1v) is 11.5. The van der Waals surface area contributed by atoms with E-state index in [1.807, 2.05) is 32.2 Å². The molecular weight excluding hydrogens is 388 g/mol. The van der Waals surface area contributed by atoms with Crippen molar-refractivity contribution in [2.24, 2.45) is 12.0 Å². The Morgan fingerprint density at radius 1 is 1.14 bits per heavy atom. The van der Waals surface area contributed by atoms with Crippen LogP contribution in [-0.4, -0.2) is 48.1 Å². The van der Waals surface area contributed by atoms with E-state index in [2.05, 4.69) is 20.7 Å². The highest BCUT2D eigenvalue weighted by atomic mass is 32.2. The maximum Gasteiger partial charge on any atom is 0.243 e. The summed E-state index contributed by atoms with van der Waals surface area (Å²) in [5, 5.41) is 10.6. The summed E-state index contributed by atoms with van der Waals surface area (Å²) in [4.78, 5) is 4.97. The molecule has 0 atom stereocenters. The Labute approximate surface area is 173 Å². The van der Waals surface area contributed by atoms with Gasteiger partial charge < -0.3 is 10.6 Å². The molecule has 0 spiro atoms. The number of nitrogens with zero attached hydrogens (tertiary/aromatic N) is 4. The van der Waals surface area contributed by atoms with E-state index in [9.17, 15) is 8.42 Å². The highest BCUT2D eigenvalue weighted by Gasteiger charge is 2.27. The van der Waals surface area contributed by atoms with Crippen molar-refractivity contribution < 1.29 is 8.42 Å². The van der Waals surface area contributed by atoms with Crippen molar-refractivity contribution in [3.63, 3.8) is 0 Å². The number of aliphatic imine (C=N–C) groups is 1. The van der Waals surface area contributed by atoms with Gasteiger partial charge in [-0.05, 0) is 37.5 Å². The number of benzene rings is 1. The minimum absolute atomic E-state index is 0.282. The fraction of sp³-hybridized carbons (Fsp3) is 0.500. The second-order valence-electron chi connectivity index (χ2n) is 7.07. The topological polar surface area (TPSA) is 91.6 Å². The number of hydrogen-bond acceptors (Lipinski definition) is 4. The summed E-state index contributed by atoms with van der Waals surface area (Å²) in [5.41, 5.74) is 1.74. The maximum atomic E-state index is 13.1. The fourth-order valence-corrected chi connectivity index (χ4v) is 5.12. The van der Waals surface area contributed by atoms with Gasteiger partial charge in [0.1, 0.15) is 0 Å². The molecule has 0 amide bonds. The number of rotatable bonds is 7. The van der Waals surface area contributed by atoms with E-state index in [-0.39, 0.29) is 6.54 Å². The minimum Gasteiger partial charge on any atom is -0.357 e. The van der Waals surface area contributed by atoms with Gasteiger partial charge in [-0.15, -0.1) is 0 Å². The molecule has 0 bridgehead atoms. The van der Waals surface area contributed by atoms with Crippen molar-refractivity contribution >= 4 is 16.0 Å². The lowest BCUT2D eigenvalue weighted by Gasteiger charge is -2.26. The highest BCUT2D eigenvalue weighted by molar-refractivity contribution is 7.89. The lowest BCUT2D eigenvalue weighted by molar-refractivity contribution is 0.346. The van der Waals surface area contributed by atoms with Gasteiger partial charge in [0.25, 0.3) is 0 Å². The van der Waals surface area contributed by atoms with Gasteiger partial charge in [-0.3, -0.25) is 4.68 Å². The first-order chi connectivity index (χ1) is 14.0. The lowest BCUT2D eigenvalue weighted by Crippen LogP contribution is -2.37. The van der Waals surface area contributed by atoms with E-state index < -0.39 is 10.0 Å². The largest absolute Gasteiger partial charge is 0.357 e. The first-order valence-electron chi connectivity index (χ1n) is 10.1. The zero-order valence-electron chi connectivity index (χ0n) is 17.1. The van der Waals surface area contributed by atoms with E-state index in [0.29, 0.717) is 42.6 Å². The molecule has 3 rings (SSSR count). The molecule has 9 heteroatoms.